The molecular formula is C13H13IO2. The molecule has 1 unspecified atom stereocenters. The number of aliphatic hydroxyl groups is 1. The molecule has 1 N–H and O–H groups in total. The minimum absolute atomic E-state index is 0.0698. The summed E-state index contributed by atoms with van der Waals surface area (Å²) in [5.74, 6) is -0.0698. The van der Waals surface area contributed by atoms with Crippen LogP contribution in [0.4, 0.5) is 0 Å². The van der Waals surface area contributed by atoms with Crippen molar-refractivity contribution in [1.82, 2.24) is 0 Å². The number of halogens is 1. The summed E-state index contributed by atoms with van der Waals surface area (Å²) in [6.07, 6.45) is 4.31. The van der Waals surface area contributed by atoms with Crippen molar-refractivity contribution in [3.8, 4) is 0 Å². The predicted molar refractivity (Wildman–Crippen MR) is 74.3 cm³/mol. The minimum atomic E-state index is -0.722. The van der Waals surface area contributed by atoms with E-state index in [1.165, 1.54) is 6.08 Å². The van der Waals surface area contributed by atoms with Crippen LogP contribution in [0.2, 0.25) is 0 Å². The Balaban J connectivity index is 2.48. The van der Waals surface area contributed by atoms with Gasteiger partial charge in [-0.2, -0.15) is 0 Å². The van der Waals surface area contributed by atoms with E-state index in [1.54, 1.807) is 10.2 Å². The number of carbonyl (C=O) groups is 1. The first kappa shape index (κ1) is 13.1. The maximum atomic E-state index is 11.2. The molecule has 84 valence electrons. The fourth-order valence-electron chi connectivity index (χ4n) is 1.20. The van der Waals surface area contributed by atoms with Gasteiger partial charge in [-0.15, -0.1) is 0 Å². The predicted octanol–water partition coefficient (Wildman–Crippen LogP) is 2.97. The van der Waals surface area contributed by atoms with Gasteiger partial charge in [0.2, 0.25) is 0 Å². The summed E-state index contributed by atoms with van der Waals surface area (Å²) >= 11 is 1.98. The zero-order chi connectivity index (χ0) is 11.8. The number of rotatable bonds is 5. The molecule has 0 saturated carbocycles. The van der Waals surface area contributed by atoms with Crippen molar-refractivity contribution in [1.29, 1.82) is 0 Å². The van der Waals surface area contributed by atoms with Gasteiger partial charge in [0, 0.05) is 6.42 Å². The maximum absolute atomic E-state index is 11.2. The maximum Gasteiger partial charge on any atom is 0.159 e. The van der Waals surface area contributed by atoms with Gasteiger partial charge in [0.05, 0.1) is 6.10 Å². The van der Waals surface area contributed by atoms with E-state index in [4.69, 9.17) is 0 Å². The summed E-state index contributed by atoms with van der Waals surface area (Å²) in [5, 5.41) is 9.56. The van der Waals surface area contributed by atoms with Crippen molar-refractivity contribution in [2.75, 3.05) is 0 Å². The largest absolute Gasteiger partial charge is 0.389 e. The Hall–Kier alpha value is -0.940. The lowest BCUT2D eigenvalue weighted by molar-refractivity contribution is -0.115. The molecule has 16 heavy (non-hydrogen) atoms. The number of carbonyl (C=O) groups excluding carboxylic acids is 1. The quantitative estimate of drug-likeness (QED) is 0.667. The molecule has 0 aliphatic rings. The standard InChI is InChI=1S/C13H13IO2/c14-9-8-13(16)10-12(15)7-6-11-4-2-1-3-5-11/h1-9,12,15H,10H2/b7-6+,9-8+. The summed E-state index contributed by atoms with van der Waals surface area (Å²) in [4.78, 5) is 11.2. The first-order valence-corrected chi connectivity index (χ1v) is 6.18. The normalized spacial score (nSPS) is 13.4. The van der Waals surface area contributed by atoms with E-state index < -0.39 is 6.10 Å². The average Bonchev–Trinajstić information content (AvgIpc) is 2.28. The first-order chi connectivity index (χ1) is 7.72. The van der Waals surface area contributed by atoms with Crippen molar-refractivity contribution < 1.29 is 9.90 Å². The molecule has 0 saturated heterocycles. The molecular weight excluding hydrogens is 315 g/mol. The van der Waals surface area contributed by atoms with Crippen molar-refractivity contribution in [2.24, 2.45) is 0 Å². The molecule has 2 nitrogen and oxygen atoms in total. The van der Waals surface area contributed by atoms with Gasteiger partial charge in [-0.05, 0) is 15.7 Å². The second-order valence-electron chi connectivity index (χ2n) is 3.30. The fourth-order valence-corrected chi connectivity index (χ4v) is 1.60. The van der Waals surface area contributed by atoms with Crippen LogP contribution in [0.15, 0.2) is 46.6 Å². The van der Waals surface area contributed by atoms with Crippen LogP contribution >= 0.6 is 22.6 Å². The van der Waals surface area contributed by atoms with Gasteiger partial charge in [-0.3, -0.25) is 4.79 Å². The number of aliphatic hydroxyl groups excluding tert-OH is 1. The van der Waals surface area contributed by atoms with E-state index in [9.17, 15) is 9.90 Å². The summed E-state index contributed by atoms with van der Waals surface area (Å²) in [6.45, 7) is 0. The molecule has 0 spiro atoms. The topological polar surface area (TPSA) is 37.3 Å². The molecule has 0 aliphatic carbocycles. The molecule has 0 amide bonds. The number of hydrogen-bond donors (Lipinski definition) is 1. The number of hydrogen-bond acceptors (Lipinski definition) is 2. The van der Waals surface area contributed by atoms with Crippen LogP contribution in [0.1, 0.15) is 12.0 Å². The van der Waals surface area contributed by atoms with E-state index in [0.29, 0.717) is 0 Å². The van der Waals surface area contributed by atoms with Crippen LogP contribution in [0.25, 0.3) is 6.08 Å². The van der Waals surface area contributed by atoms with Gasteiger partial charge in [0.15, 0.2) is 5.78 Å². The molecule has 0 bridgehead atoms. The number of benzene rings is 1. The molecule has 0 aliphatic heterocycles. The Labute approximate surface area is 109 Å². The molecule has 1 atom stereocenters. The van der Waals surface area contributed by atoms with Crippen molar-refractivity contribution in [2.45, 2.75) is 12.5 Å². The lowest BCUT2D eigenvalue weighted by Gasteiger charge is -2.01. The Morgan fingerprint density at radius 3 is 2.69 bits per heavy atom. The highest BCUT2D eigenvalue weighted by Gasteiger charge is 2.04. The Morgan fingerprint density at radius 1 is 1.38 bits per heavy atom. The van der Waals surface area contributed by atoms with Crippen LogP contribution in [0.3, 0.4) is 0 Å². The third-order valence-electron chi connectivity index (χ3n) is 1.97. The molecule has 0 radical (unpaired) electrons. The second kappa shape index (κ2) is 7.35. The fraction of sp³-hybridized carbons (Fsp3) is 0.154. The lowest BCUT2D eigenvalue weighted by Crippen LogP contribution is -2.08. The zero-order valence-electron chi connectivity index (χ0n) is 8.71. The van der Waals surface area contributed by atoms with E-state index >= 15 is 0 Å². The van der Waals surface area contributed by atoms with E-state index in [-0.39, 0.29) is 12.2 Å². The Kier molecular flexibility index (Phi) is 6.03. The van der Waals surface area contributed by atoms with Gasteiger partial charge in [-0.1, -0.05) is 65.1 Å². The summed E-state index contributed by atoms with van der Waals surface area (Å²) < 4.78 is 1.65. The van der Waals surface area contributed by atoms with Crippen LogP contribution in [0, 0.1) is 0 Å². The highest BCUT2D eigenvalue weighted by Crippen LogP contribution is 2.04. The zero-order valence-corrected chi connectivity index (χ0v) is 10.9. The van der Waals surface area contributed by atoms with Crippen molar-refractivity contribution in [3.05, 3.63) is 52.1 Å². The third kappa shape index (κ3) is 5.23. The third-order valence-corrected chi connectivity index (χ3v) is 2.33. The van der Waals surface area contributed by atoms with Gasteiger partial charge in [0.1, 0.15) is 0 Å². The van der Waals surface area contributed by atoms with E-state index in [1.807, 2.05) is 59.0 Å². The highest BCUT2D eigenvalue weighted by molar-refractivity contribution is 14.1. The molecule has 1 aromatic carbocycles. The Morgan fingerprint density at radius 2 is 2.06 bits per heavy atom. The number of allylic oxidation sites excluding steroid dienone is 1. The Bertz CT molecular complexity index is 382. The van der Waals surface area contributed by atoms with Crippen LogP contribution < -0.4 is 0 Å². The van der Waals surface area contributed by atoms with Crippen LogP contribution in [-0.2, 0) is 4.79 Å². The highest BCUT2D eigenvalue weighted by atomic mass is 127. The average molecular weight is 328 g/mol. The van der Waals surface area contributed by atoms with Crippen molar-refractivity contribution >= 4 is 34.5 Å². The van der Waals surface area contributed by atoms with Crippen LogP contribution in [0.5, 0.6) is 0 Å². The lowest BCUT2D eigenvalue weighted by atomic mass is 10.1. The smallest absolute Gasteiger partial charge is 0.159 e. The minimum Gasteiger partial charge on any atom is -0.389 e. The summed E-state index contributed by atoms with van der Waals surface area (Å²) in [6, 6.07) is 9.67. The first-order valence-electron chi connectivity index (χ1n) is 4.93. The van der Waals surface area contributed by atoms with Crippen LogP contribution in [-0.4, -0.2) is 17.0 Å². The van der Waals surface area contributed by atoms with Gasteiger partial charge >= 0.3 is 0 Å². The SMILES string of the molecule is O=C(/C=C/I)CC(O)/C=C/c1ccccc1. The molecule has 0 fully saturated rings. The van der Waals surface area contributed by atoms with E-state index in [0.717, 1.165) is 5.56 Å². The summed E-state index contributed by atoms with van der Waals surface area (Å²) in [7, 11) is 0. The monoisotopic (exact) mass is 328 g/mol. The number of ketones is 1. The molecule has 3 heteroatoms. The second-order valence-corrected chi connectivity index (χ2v) is 4.02. The molecule has 0 aromatic heterocycles. The summed E-state index contributed by atoms with van der Waals surface area (Å²) in [5.41, 5.74) is 1.01. The molecule has 1 rings (SSSR count). The molecule has 0 heterocycles. The molecule has 1 aromatic rings. The van der Waals surface area contributed by atoms with Gasteiger partial charge in [0.25, 0.3) is 0 Å². The van der Waals surface area contributed by atoms with Crippen molar-refractivity contribution in [3.63, 3.8) is 0 Å². The van der Waals surface area contributed by atoms with Gasteiger partial charge in [-0.25, -0.2) is 0 Å². The van der Waals surface area contributed by atoms with E-state index in [2.05, 4.69) is 0 Å². The van der Waals surface area contributed by atoms with Gasteiger partial charge < -0.3 is 5.11 Å².